The highest BCUT2D eigenvalue weighted by atomic mass is 32.2. The van der Waals surface area contributed by atoms with Gasteiger partial charge in [-0.3, -0.25) is 0 Å². The summed E-state index contributed by atoms with van der Waals surface area (Å²) in [6.45, 7) is 2.94. The number of ether oxygens (including phenoxy) is 1. The van der Waals surface area contributed by atoms with E-state index >= 15 is 0 Å². The maximum atomic E-state index is 14.4. The van der Waals surface area contributed by atoms with E-state index in [4.69, 9.17) is 9.72 Å². The Bertz CT molecular complexity index is 1170. The normalized spacial score (nSPS) is 17.1. The molecule has 0 bridgehead atoms. The van der Waals surface area contributed by atoms with Gasteiger partial charge in [0, 0.05) is 21.9 Å². The molecule has 0 fully saturated rings. The quantitative estimate of drug-likeness (QED) is 0.422. The average Bonchev–Trinajstić information content (AvgIpc) is 3.15. The molecule has 4 nitrogen and oxygen atoms in total. The van der Waals surface area contributed by atoms with E-state index in [9.17, 15) is 9.18 Å². The fourth-order valence-electron chi connectivity index (χ4n) is 4.69. The van der Waals surface area contributed by atoms with Gasteiger partial charge in [0.15, 0.2) is 0 Å². The number of rotatable bonds is 0. The molecule has 1 aromatic carbocycles. The highest BCUT2D eigenvalue weighted by Gasteiger charge is 2.33. The van der Waals surface area contributed by atoms with E-state index < -0.39 is 0 Å². The molecule has 3 aromatic rings. The summed E-state index contributed by atoms with van der Waals surface area (Å²) in [6.07, 6.45) is 2.97. The Kier molecular flexibility index (Phi) is 2.78. The first kappa shape index (κ1) is 14.8. The summed E-state index contributed by atoms with van der Waals surface area (Å²) in [5.74, 6) is -0.171. The second-order valence-electron chi connectivity index (χ2n) is 7.19. The number of hydrogen-bond donors (Lipinski definition) is 0. The number of pyridine rings is 1. The number of benzene rings is 1. The van der Waals surface area contributed by atoms with Gasteiger partial charge in [-0.05, 0) is 60.7 Å². The van der Waals surface area contributed by atoms with Crippen LogP contribution in [0.15, 0.2) is 17.0 Å². The van der Waals surface area contributed by atoms with Crippen molar-refractivity contribution in [1.29, 1.82) is 0 Å². The number of halogens is 1. The zero-order chi connectivity index (χ0) is 17.6. The number of carbonyl (C=O) groups is 1. The van der Waals surface area contributed by atoms with Gasteiger partial charge < -0.3 is 9.30 Å². The second kappa shape index (κ2) is 4.88. The molecule has 0 amide bonds. The minimum atomic E-state index is -0.259. The van der Waals surface area contributed by atoms with Gasteiger partial charge in [0.2, 0.25) is 0 Å². The van der Waals surface area contributed by atoms with E-state index in [0.717, 1.165) is 81.6 Å². The Labute approximate surface area is 153 Å². The molecule has 0 radical (unpaired) electrons. The average molecular weight is 366 g/mol. The number of fused-ring (bicyclic) bond motifs is 6. The van der Waals surface area contributed by atoms with Crippen molar-refractivity contribution in [3.63, 3.8) is 0 Å². The Morgan fingerprint density at radius 1 is 1.23 bits per heavy atom. The number of hydrogen-bond acceptors (Lipinski definition) is 4. The molecule has 6 heteroatoms. The zero-order valence-electron chi connectivity index (χ0n) is 14.2. The third kappa shape index (κ3) is 1.75. The molecule has 0 unspecified atom stereocenters. The fraction of sp³-hybridized carbons (Fsp3) is 0.300. The molecule has 3 aliphatic rings. The number of nitrogens with zero attached hydrogens (tertiary/aromatic N) is 2. The summed E-state index contributed by atoms with van der Waals surface area (Å²) < 4.78 is 21.8. The molecule has 2 aromatic heterocycles. The third-order valence-corrected chi connectivity index (χ3v) is 6.78. The van der Waals surface area contributed by atoms with E-state index in [2.05, 4.69) is 4.57 Å². The van der Waals surface area contributed by atoms with Crippen LogP contribution >= 0.6 is 11.8 Å². The standard InChI is InChI=1S/C20H15FN2O2S/c1-9-10-3-2-4-11-12-7-23-15(6-17-16(23)8-25-20(24)26-17)19(12)22-14(18(10)11)5-13(9)21/h5-6H,2-4,7-8H2,1H3. The van der Waals surface area contributed by atoms with E-state index in [1.54, 1.807) is 6.07 Å². The SMILES string of the molecule is Cc1c(F)cc2nc3c(c4c2c1CCC4)Cn1c-3cc2c1COC(=O)S2. The molecule has 2 aliphatic heterocycles. The second-order valence-corrected chi connectivity index (χ2v) is 8.17. The summed E-state index contributed by atoms with van der Waals surface area (Å²) in [7, 11) is 0. The van der Waals surface area contributed by atoms with Gasteiger partial charge in [0.05, 0.1) is 29.1 Å². The largest absolute Gasteiger partial charge is 0.451 e. The number of cyclic esters (lactones) is 1. The molecule has 26 heavy (non-hydrogen) atoms. The third-order valence-electron chi connectivity index (χ3n) is 5.92. The predicted octanol–water partition coefficient (Wildman–Crippen LogP) is 4.74. The van der Waals surface area contributed by atoms with Gasteiger partial charge in [-0.15, -0.1) is 0 Å². The minimum absolute atomic E-state index is 0.171. The predicted molar refractivity (Wildman–Crippen MR) is 97.0 cm³/mol. The van der Waals surface area contributed by atoms with Crippen molar-refractivity contribution in [2.45, 2.75) is 44.2 Å². The highest BCUT2D eigenvalue weighted by molar-refractivity contribution is 8.13. The lowest BCUT2D eigenvalue weighted by Gasteiger charge is -2.22. The maximum absolute atomic E-state index is 14.4. The van der Waals surface area contributed by atoms with E-state index in [-0.39, 0.29) is 11.1 Å². The lowest BCUT2D eigenvalue weighted by Crippen LogP contribution is -2.12. The smallest absolute Gasteiger partial charge is 0.372 e. The molecule has 0 saturated heterocycles. The lowest BCUT2D eigenvalue weighted by molar-refractivity contribution is 0.162. The van der Waals surface area contributed by atoms with Crippen LogP contribution < -0.4 is 0 Å². The van der Waals surface area contributed by atoms with Crippen LogP contribution in [0, 0.1) is 12.7 Å². The number of aryl methyl sites for hydroxylation is 2. The summed E-state index contributed by atoms with van der Waals surface area (Å²) >= 11 is 1.13. The van der Waals surface area contributed by atoms with Crippen LogP contribution in [-0.4, -0.2) is 14.9 Å². The maximum Gasteiger partial charge on any atom is 0.372 e. The Morgan fingerprint density at radius 2 is 2.08 bits per heavy atom. The van der Waals surface area contributed by atoms with Crippen LogP contribution in [0.25, 0.3) is 22.3 Å². The molecule has 4 heterocycles. The van der Waals surface area contributed by atoms with Crippen LogP contribution in [0.5, 0.6) is 0 Å². The Balaban J connectivity index is 1.66. The summed E-state index contributed by atoms with van der Waals surface area (Å²) in [5, 5.41) is 0.903. The first-order chi connectivity index (χ1) is 12.6. The topological polar surface area (TPSA) is 44.1 Å². The van der Waals surface area contributed by atoms with E-state index in [1.807, 2.05) is 13.0 Å². The van der Waals surface area contributed by atoms with Crippen LogP contribution in [0.4, 0.5) is 9.18 Å². The molecule has 0 N–H and O–H groups in total. The van der Waals surface area contributed by atoms with Crippen molar-refractivity contribution < 1.29 is 13.9 Å². The zero-order valence-corrected chi connectivity index (χ0v) is 15.0. The van der Waals surface area contributed by atoms with Crippen LogP contribution in [-0.2, 0) is 30.7 Å². The summed E-state index contributed by atoms with van der Waals surface area (Å²) in [6, 6.07) is 3.61. The minimum Gasteiger partial charge on any atom is -0.451 e. The molecule has 0 spiro atoms. The van der Waals surface area contributed by atoms with Crippen molar-refractivity contribution in [2.75, 3.05) is 0 Å². The highest BCUT2D eigenvalue weighted by Crippen LogP contribution is 2.45. The van der Waals surface area contributed by atoms with Crippen molar-refractivity contribution >= 4 is 28.0 Å². The molecular weight excluding hydrogens is 351 g/mol. The molecule has 0 atom stereocenters. The Morgan fingerprint density at radius 3 is 2.96 bits per heavy atom. The summed E-state index contributed by atoms with van der Waals surface area (Å²) in [4.78, 5) is 17.4. The van der Waals surface area contributed by atoms with E-state index in [0.29, 0.717) is 6.61 Å². The van der Waals surface area contributed by atoms with Crippen molar-refractivity contribution in [2.24, 2.45) is 0 Å². The number of thioether (sulfide) groups is 1. The summed E-state index contributed by atoms with van der Waals surface area (Å²) in [5.41, 5.74) is 8.21. The van der Waals surface area contributed by atoms with Gasteiger partial charge >= 0.3 is 5.30 Å². The van der Waals surface area contributed by atoms with Crippen molar-refractivity contribution in [1.82, 2.24) is 9.55 Å². The molecule has 1 aliphatic carbocycles. The van der Waals surface area contributed by atoms with E-state index in [1.165, 1.54) is 11.1 Å². The molecule has 130 valence electrons. The first-order valence-electron chi connectivity index (χ1n) is 8.82. The van der Waals surface area contributed by atoms with Crippen molar-refractivity contribution in [3.8, 4) is 11.4 Å². The van der Waals surface area contributed by atoms with Crippen molar-refractivity contribution in [3.05, 3.63) is 45.9 Å². The Hall–Kier alpha value is -2.34. The lowest BCUT2D eigenvalue weighted by atomic mass is 9.85. The van der Waals surface area contributed by atoms with Crippen LogP contribution in [0.2, 0.25) is 0 Å². The first-order valence-corrected chi connectivity index (χ1v) is 9.64. The molecular formula is C20H15FN2O2S. The van der Waals surface area contributed by atoms with Gasteiger partial charge in [-0.25, -0.2) is 14.2 Å². The number of carbonyl (C=O) groups excluding carboxylic acids is 1. The number of aromatic nitrogens is 2. The van der Waals surface area contributed by atoms with Gasteiger partial charge in [0.1, 0.15) is 12.4 Å². The van der Waals surface area contributed by atoms with Crippen LogP contribution in [0.3, 0.4) is 0 Å². The molecule has 0 saturated carbocycles. The fourth-order valence-corrected chi connectivity index (χ4v) is 5.44. The van der Waals surface area contributed by atoms with Crippen LogP contribution in [0.1, 0.15) is 34.4 Å². The van der Waals surface area contributed by atoms with Gasteiger partial charge in [-0.2, -0.15) is 0 Å². The van der Waals surface area contributed by atoms with Gasteiger partial charge in [0.25, 0.3) is 0 Å². The monoisotopic (exact) mass is 366 g/mol. The van der Waals surface area contributed by atoms with Gasteiger partial charge in [-0.1, -0.05) is 0 Å². The molecule has 6 rings (SSSR count).